The summed E-state index contributed by atoms with van der Waals surface area (Å²) < 4.78 is 19.2. The third-order valence-electron chi connectivity index (χ3n) is 5.03. The predicted octanol–water partition coefficient (Wildman–Crippen LogP) is 4.61. The number of nitrogens with one attached hydrogen (secondary N) is 1. The quantitative estimate of drug-likeness (QED) is 0.672. The molecule has 3 aromatic carbocycles. The fourth-order valence-corrected chi connectivity index (χ4v) is 3.39. The summed E-state index contributed by atoms with van der Waals surface area (Å²) in [6.07, 6.45) is 0. The highest BCUT2D eigenvalue weighted by Gasteiger charge is 2.25. The number of hydrogen-bond acceptors (Lipinski definition) is 3. The van der Waals surface area contributed by atoms with E-state index < -0.39 is 5.82 Å². The molecule has 6 nitrogen and oxygen atoms in total. The Hall–Kier alpha value is -3.87. The maximum atomic E-state index is 13.4. The van der Waals surface area contributed by atoms with Crippen molar-refractivity contribution >= 4 is 17.6 Å². The van der Waals surface area contributed by atoms with Crippen molar-refractivity contribution in [2.24, 2.45) is 0 Å². The van der Waals surface area contributed by atoms with Gasteiger partial charge in [0.05, 0.1) is 5.69 Å². The lowest BCUT2D eigenvalue weighted by Crippen LogP contribution is -2.51. The number of nitrogens with zero attached hydrogens (tertiary/aromatic N) is 2. The van der Waals surface area contributed by atoms with Crippen molar-refractivity contribution in [1.29, 1.82) is 0 Å². The maximum absolute atomic E-state index is 13.4. The molecule has 0 radical (unpaired) electrons. The second-order valence-corrected chi connectivity index (χ2v) is 7.13. The third kappa shape index (κ3) is 5.01. The number of amides is 3. The molecule has 0 saturated carbocycles. The summed E-state index contributed by atoms with van der Waals surface area (Å²) in [5.41, 5.74) is 1.13. The van der Waals surface area contributed by atoms with Crippen LogP contribution < -0.4 is 10.1 Å². The van der Waals surface area contributed by atoms with Gasteiger partial charge in [-0.1, -0.05) is 36.4 Å². The maximum Gasteiger partial charge on any atom is 0.322 e. The first-order chi connectivity index (χ1) is 15.1. The summed E-state index contributed by atoms with van der Waals surface area (Å²) in [4.78, 5) is 28.8. The number of piperazine rings is 1. The third-order valence-corrected chi connectivity index (χ3v) is 5.03. The van der Waals surface area contributed by atoms with Crippen LogP contribution in [0.4, 0.5) is 14.9 Å². The Labute approximate surface area is 179 Å². The fraction of sp³-hybridized carbons (Fsp3) is 0.167. The average molecular weight is 419 g/mol. The highest BCUT2D eigenvalue weighted by atomic mass is 19.1. The monoisotopic (exact) mass is 419 g/mol. The van der Waals surface area contributed by atoms with Crippen molar-refractivity contribution in [2.75, 3.05) is 31.5 Å². The van der Waals surface area contributed by atoms with Gasteiger partial charge in [-0.3, -0.25) is 4.79 Å². The Morgan fingerprint density at radius 2 is 1.48 bits per heavy atom. The lowest BCUT2D eigenvalue weighted by Gasteiger charge is -2.34. The van der Waals surface area contributed by atoms with Crippen molar-refractivity contribution < 1.29 is 18.7 Å². The van der Waals surface area contributed by atoms with E-state index in [2.05, 4.69) is 5.32 Å². The minimum Gasteiger partial charge on any atom is -0.455 e. The van der Waals surface area contributed by atoms with Gasteiger partial charge < -0.3 is 19.9 Å². The highest BCUT2D eigenvalue weighted by molar-refractivity contribution is 5.95. The molecule has 0 aliphatic carbocycles. The minimum atomic E-state index is -0.401. The molecule has 3 amide bonds. The van der Waals surface area contributed by atoms with E-state index in [0.29, 0.717) is 48.9 Å². The predicted molar refractivity (Wildman–Crippen MR) is 116 cm³/mol. The molecule has 1 saturated heterocycles. The van der Waals surface area contributed by atoms with E-state index in [9.17, 15) is 14.0 Å². The average Bonchev–Trinajstić information content (AvgIpc) is 2.80. The first kappa shape index (κ1) is 20.4. The molecule has 1 heterocycles. The minimum absolute atomic E-state index is 0.0329. The van der Waals surface area contributed by atoms with Crippen LogP contribution in [0.1, 0.15) is 10.4 Å². The Morgan fingerprint density at radius 1 is 0.806 bits per heavy atom. The van der Waals surface area contributed by atoms with Crippen LogP contribution in [0.5, 0.6) is 11.5 Å². The fourth-order valence-electron chi connectivity index (χ4n) is 3.39. The number of halogens is 1. The van der Waals surface area contributed by atoms with E-state index in [4.69, 9.17) is 4.74 Å². The standard InChI is InChI=1S/C24H22FN3O3/c25-19-9-6-10-20(17-19)31-22-12-5-4-11-21(22)26-24(30)28-15-13-27(14-16-28)23(29)18-7-2-1-3-8-18/h1-12,17H,13-16H2,(H,26,30). The van der Waals surface area contributed by atoms with Gasteiger partial charge in [-0.2, -0.15) is 0 Å². The van der Waals surface area contributed by atoms with Gasteiger partial charge in [0.25, 0.3) is 5.91 Å². The largest absolute Gasteiger partial charge is 0.455 e. The Balaban J connectivity index is 1.37. The summed E-state index contributed by atoms with van der Waals surface area (Å²) in [7, 11) is 0. The Kier molecular flexibility index (Phi) is 6.12. The molecular formula is C24H22FN3O3. The van der Waals surface area contributed by atoms with E-state index in [-0.39, 0.29) is 11.9 Å². The molecule has 158 valence electrons. The van der Waals surface area contributed by atoms with Gasteiger partial charge in [-0.25, -0.2) is 9.18 Å². The number of anilines is 1. The molecule has 0 atom stereocenters. The van der Waals surface area contributed by atoms with Crippen LogP contribution in [-0.2, 0) is 0 Å². The second-order valence-electron chi connectivity index (χ2n) is 7.13. The zero-order valence-electron chi connectivity index (χ0n) is 16.8. The summed E-state index contributed by atoms with van der Waals surface area (Å²) >= 11 is 0. The van der Waals surface area contributed by atoms with Gasteiger partial charge in [0.15, 0.2) is 5.75 Å². The van der Waals surface area contributed by atoms with Crippen LogP contribution in [0.2, 0.25) is 0 Å². The summed E-state index contributed by atoms with van der Waals surface area (Å²) in [5.74, 6) is 0.325. The summed E-state index contributed by atoms with van der Waals surface area (Å²) in [6.45, 7) is 1.78. The molecule has 1 aliphatic heterocycles. The van der Waals surface area contributed by atoms with Crippen LogP contribution in [0.15, 0.2) is 78.9 Å². The smallest absolute Gasteiger partial charge is 0.322 e. The van der Waals surface area contributed by atoms with E-state index in [0.717, 1.165) is 0 Å². The van der Waals surface area contributed by atoms with Crippen LogP contribution in [0, 0.1) is 5.82 Å². The Morgan fingerprint density at radius 3 is 2.23 bits per heavy atom. The zero-order chi connectivity index (χ0) is 21.6. The van der Waals surface area contributed by atoms with Crippen LogP contribution in [0.25, 0.3) is 0 Å². The zero-order valence-corrected chi connectivity index (χ0v) is 16.8. The first-order valence-electron chi connectivity index (χ1n) is 10.0. The van der Waals surface area contributed by atoms with Crippen LogP contribution >= 0.6 is 0 Å². The number of benzene rings is 3. The molecule has 4 rings (SSSR count). The number of rotatable bonds is 4. The van der Waals surface area contributed by atoms with Crippen molar-refractivity contribution in [3.05, 3.63) is 90.2 Å². The molecule has 7 heteroatoms. The van der Waals surface area contributed by atoms with E-state index in [1.165, 1.54) is 12.1 Å². The van der Waals surface area contributed by atoms with Crippen LogP contribution in [0.3, 0.4) is 0 Å². The molecule has 0 bridgehead atoms. The summed E-state index contributed by atoms with van der Waals surface area (Å²) in [5, 5.41) is 2.86. The SMILES string of the molecule is O=C(Nc1ccccc1Oc1cccc(F)c1)N1CCN(C(=O)c2ccccc2)CC1. The normalized spacial score (nSPS) is 13.6. The molecule has 1 fully saturated rings. The first-order valence-corrected chi connectivity index (χ1v) is 10.0. The number of ether oxygens (including phenoxy) is 1. The van der Waals surface area contributed by atoms with Crippen molar-refractivity contribution in [3.63, 3.8) is 0 Å². The van der Waals surface area contributed by atoms with Crippen molar-refractivity contribution in [3.8, 4) is 11.5 Å². The summed E-state index contributed by atoms with van der Waals surface area (Å²) in [6, 6.07) is 21.6. The second kappa shape index (κ2) is 9.30. The van der Waals surface area contributed by atoms with Gasteiger partial charge in [0, 0.05) is 37.8 Å². The molecule has 3 aromatic rings. The van der Waals surface area contributed by atoms with E-state index >= 15 is 0 Å². The molecular weight excluding hydrogens is 397 g/mol. The van der Waals surface area contributed by atoms with Crippen LogP contribution in [-0.4, -0.2) is 47.9 Å². The lowest BCUT2D eigenvalue weighted by molar-refractivity contribution is 0.0671. The number of para-hydroxylation sites is 2. The van der Waals surface area contributed by atoms with Crippen molar-refractivity contribution in [1.82, 2.24) is 9.80 Å². The molecule has 0 aromatic heterocycles. The number of urea groups is 1. The molecule has 1 N–H and O–H groups in total. The van der Waals surface area contributed by atoms with Gasteiger partial charge in [0.1, 0.15) is 11.6 Å². The number of carbonyl (C=O) groups excluding carboxylic acids is 2. The van der Waals surface area contributed by atoms with Gasteiger partial charge in [-0.15, -0.1) is 0 Å². The molecule has 31 heavy (non-hydrogen) atoms. The van der Waals surface area contributed by atoms with Gasteiger partial charge in [-0.05, 0) is 36.4 Å². The van der Waals surface area contributed by atoms with Gasteiger partial charge >= 0.3 is 6.03 Å². The molecule has 1 aliphatic rings. The van der Waals surface area contributed by atoms with E-state index in [1.54, 1.807) is 58.3 Å². The van der Waals surface area contributed by atoms with E-state index in [1.807, 2.05) is 18.2 Å². The Bertz CT molecular complexity index is 1070. The van der Waals surface area contributed by atoms with Gasteiger partial charge in [0.2, 0.25) is 0 Å². The lowest BCUT2D eigenvalue weighted by atomic mass is 10.2. The highest BCUT2D eigenvalue weighted by Crippen LogP contribution is 2.29. The topological polar surface area (TPSA) is 61.9 Å². The molecule has 0 spiro atoms. The van der Waals surface area contributed by atoms with Crippen molar-refractivity contribution in [2.45, 2.75) is 0 Å². The number of carbonyl (C=O) groups is 2. The molecule has 0 unspecified atom stereocenters. The number of hydrogen-bond donors (Lipinski definition) is 1.